The van der Waals surface area contributed by atoms with Crippen molar-refractivity contribution < 1.29 is 9.59 Å². The van der Waals surface area contributed by atoms with Gasteiger partial charge in [-0.1, -0.05) is 41.9 Å². The van der Waals surface area contributed by atoms with Crippen molar-refractivity contribution in [3.05, 3.63) is 94.4 Å². The zero-order valence-electron chi connectivity index (χ0n) is 15.2. The molecule has 1 saturated heterocycles. The Morgan fingerprint density at radius 3 is 2.39 bits per heavy atom. The molecule has 0 unspecified atom stereocenters. The minimum absolute atomic E-state index is 0.192. The van der Waals surface area contributed by atoms with E-state index in [1.54, 1.807) is 30.3 Å². The van der Waals surface area contributed by atoms with Crippen LogP contribution in [0, 0.1) is 6.92 Å². The normalized spacial score (nSPS) is 15.4. The fourth-order valence-corrected chi connectivity index (χ4v) is 3.36. The zero-order valence-corrected chi connectivity index (χ0v) is 16.0. The molecule has 1 aliphatic rings. The van der Waals surface area contributed by atoms with Gasteiger partial charge in [-0.25, -0.2) is 4.79 Å². The minimum atomic E-state index is -0.430. The number of para-hydroxylation sites is 1. The molecular weight excluding hydrogens is 374 g/mol. The zero-order chi connectivity index (χ0) is 19.7. The van der Waals surface area contributed by atoms with Gasteiger partial charge in [-0.2, -0.15) is 0 Å². The highest BCUT2D eigenvalue weighted by Crippen LogP contribution is 2.22. The lowest BCUT2D eigenvalue weighted by Crippen LogP contribution is -2.30. The van der Waals surface area contributed by atoms with Crippen LogP contribution in [0.2, 0.25) is 5.02 Å². The summed E-state index contributed by atoms with van der Waals surface area (Å²) in [5.74, 6) is -0.349. The summed E-state index contributed by atoms with van der Waals surface area (Å²) in [6.45, 7) is 2.19. The van der Waals surface area contributed by atoms with E-state index in [4.69, 9.17) is 11.6 Å². The van der Waals surface area contributed by atoms with Gasteiger partial charge < -0.3 is 9.88 Å². The van der Waals surface area contributed by atoms with Crippen LogP contribution in [0.4, 0.5) is 4.79 Å². The fraction of sp³-hybridized carbons (Fsp3) is 0.0909. The number of urea groups is 1. The number of nitrogens with one attached hydrogen (secondary N) is 1. The molecule has 1 aliphatic heterocycles. The largest absolute Gasteiger partial charge is 0.329 e. The lowest BCUT2D eigenvalue weighted by atomic mass is 10.2. The van der Waals surface area contributed by atoms with Gasteiger partial charge >= 0.3 is 6.03 Å². The number of hydrogen-bond acceptors (Lipinski definition) is 2. The number of carbonyl (C=O) groups is 2. The van der Waals surface area contributed by atoms with Gasteiger partial charge in [0.2, 0.25) is 0 Å². The second-order valence-electron chi connectivity index (χ2n) is 6.58. The smallest absolute Gasteiger partial charge is 0.314 e. The van der Waals surface area contributed by atoms with Crippen LogP contribution < -0.4 is 5.32 Å². The van der Waals surface area contributed by atoms with Crippen LogP contribution in [0.25, 0.3) is 11.8 Å². The number of carbonyl (C=O) groups excluding carboxylic acids is 2. The molecule has 1 fully saturated rings. The van der Waals surface area contributed by atoms with Crippen LogP contribution in [-0.4, -0.2) is 21.4 Å². The standard InChI is InChI=1S/C22H18ClN3O2/c1-15-7-12-19(26(15)18-5-3-2-4-6-18)13-20-21(27)25(22(28)24-20)14-16-8-10-17(23)11-9-16/h2-13H,14H2,1H3,(H,24,28)/b20-13-. The van der Waals surface area contributed by atoms with Crippen molar-refractivity contribution in [3.8, 4) is 5.69 Å². The lowest BCUT2D eigenvalue weighted by Gasteiger charge is -2.12. The first-order valence-electron chi connectivity index (χ1n) is 8.86. The third kappa shape index (κ3) is 3.44. The molecule has 0 atom stereocenters. The van der Waals surface area contributed by atoms with E-state index in [0.717, 1.165) is 22.6 Å². The van der Waals surface area contributed by atoms with Crippen LogP contribution in [0.15, 0.2) is 72.4 Å². The molecule has 0 saturated carbocycles. The van der Waals surface area contributed by atoms with E-state index in [2.05, 4.69) is 5.32 Å². The van der Waals surface area contributed by atoms with Crippen LogP contribution >= 0.6 is 11.6 Å². The van der Waals surface area contributed by atoms with E-state index >= 15 is 0 Å². The van der Waals surface area contributed by atoms with E-state index < -0.39 is 6.03 Å². The number of amides is 3. The number of nitrogens with zero attached hydrogens (tertiary/aromatic N) is 2. The first-order valence-corrected chi connectivity index (χ1v) is 9.23. The second kappa shape index (κ2) is 7.37. The van der Waals surface area contributed by atoms with Crippen molar-refractivity contribution in [2.24, 2.45) is 0 Å². The highest BCUT2D eigenvalue weighted by Gasteiger charge is 2.33. The quantitative estimate of drug-likeness (QED) is 0.524. The molecule has 0 radical (unpaired) electrons. The highest BCUT2D eigenvalue weighted by molar-refractivity contribution is 6.30. The van der Waals surface area contributed by atoms with E-state index in [-0.39, 0.29) is 18.1 Å². The van der Waals surface area contributed by atoms with Gasteiger partial charge in [0.05, 0.1) is 6.54 Å². The molecule has 1 N–H and O–H groups in total. The maximum Gasteiger partial charge on any atom is 0.329 e. The molecule has 1 aromatic heterocycles. The molecule has 2 aromatic carbocycles. The second-order valence-corrected chi connectivity index (χ2v) is 7.01. The van der Waals surface area contributed by atoms with Gasteiger partial charge in [-0.05, 0) is 55.0 Å². The van der Waals surface area contributed by atoms with Gasteiger partial charge in [0, 0.05) is 22.1 Å². The Labute approximate surface area is 167 Å². The summed E-state index contributed by atoms with van der Waals surface area (Å²) in [6, 6.07) is 20.4. The Kier molecular flexibility index (Phi) is 4.75. The molecule has 0 aliphatic carbocycles. The van der Waals surface area contributed by atoms with Crippen LogP contribution in [0.1, 0.15) is 17.0 Å². The topological polar surface area (TPSA) is 54.3 Å². The summed E-state index contributed by atoms with van der Waals surface area (Å²) >= 11 is 5.90. The highest BCUT2D eigenvalue weighted by atomic mass is 35.5. The van der Waals surface area contributed by atoms with E-state index in [1.807, 2.05) is 54.0 Å². The molecule has 3 amide bonds. The average Bonchev–Trinajstić information content (AvgIpc) is 3.18. The van der Waals surface area contributed by atoms with E-state index in [1.165, 1.54) is 4.90 Å². The van der Waals surface area contributed by atoms with Crippen molar-refractivity contribution in [1.82, 2.24) is 14.8 Å². The predicted molar refractivity (Wildman–Crippen MR) is 109 cm³/mol. The SMILES string of the molecule is Cc1ccc(/C=C2\NC(=O)N(Cc3ccc(Cl)cc3)C2=O)n1-c1ccccc1. The fourth-order valence-electron chi connectivity index (χ4n) is 3.24. The molecule has 5 nitrogen and oxygen atoms in total. The summed E-state index contributed by atoms with van der Waals surface area (Å²) in [5.41, 5.74) is 3.94. The first-order chi connectivity index (χ1) is 13.5. The van der Waals surface area contributed by atoms with Gasteiger partial charge in [0.1, 0.15) is 5.70 Å². The summed E-state index contributed by atoms with van der Waals surface area (Å²) in [6.07, 6.45) is 1.71. The molecule has 6 heteroatoms. The number of hydrogen-bond donors (Lipinski definition) is 1. The molecule has 28 heavy (non-hydrogen) atoms. The average molecular weight is 392 g/mol. The number of aryl methyl sites for hydroxylation is 1. The Balaban J connectivity index is 1.62. The summed E-state index contributed by atoms with van der Waals surface area (Å²) in [4.78, 5) is 26.3. The van der Waals surface area contributed by atoms with Crippen LogP contribution in [0.5, 0.6) is 0 Å². The van der Waals surface area contributed by atoms with Gasteiger partial charge in [-0.15, -0.1) is 0 Å². The van der Waals surface area contributed by atoms with Gasteiger partial charge in [0.25, 0.3) is 5.91 Å². The van der Waals surface area contributed by atoms with Crippen molar-refractivity contribution >= 4 is 29.6 Å². The molecular formula is C22H18ClN3O2. The maximum absolute atomic E-state index is 12.8. The molecule has 0 spiro atoms. The van der Waals surface area contributed by atoms with Crippen molar-refractivity contribution in [3.63, 3.8) is 0 Å². The Morgan fingerprint density at radius 2 is 1.68 bits per heavy atom. The van der Waals surface area contributed by atoms with Crippen LogP contribution in [-0.2, 0) is 11.3 Å². The van der Waals surface area contributed by atoms with Gasteiger partial charge in [0.15, 0.2) is 0 Å². The third-order valence-corrected chi connectivity index (χ3v) is 4.88. The van der Waals surface area contributed by atoms with E-state index in [9.17, 15) is 9.59 Å². The summed E-state index contributed by atoms with van der Waals surface area (Å²) in [7, 11) is 0. The molecule has 3 aromatic rings. The van der Waals surface area contributed by atoms with E-state index in [0.29, 0.717) is 5.02 Å². The number of rotatable bonds is 4. The monoisotopic (exact) mass is 391 g/mol. The van der Waals surface area contributed by atoms with Crippen LogP contribution in [0.3, 0.4) is 0 Å². The lowest BCUT2D eigenvalue weighted by molar-refractivity contribution is -0.123. The number of benzene rings is 2. The molecule has 2 heterocycles. The van der Waals surface area contributed by atoms with Gasteiger partial charge in [-0.3, -0.25) is 9.69 Å². The number of halogens is 1. The van der Waals surface area contributed by atoms with Crippen molar-refractivity contribution in [2.75, 3.05) is 0 Å². The summed E-state index contributed by atoms with van der Waals surface area (Å²) in [5, 5.41) is 3.29. The number of imide groups is 1. The molecule has 4 rings (SSSR count). The van der Waals surface area contributed by atoms with Crippen molar-refractivity contribution in [1.29, 1.82) is 0 Å². The maximum atomic E-state index is 12.8. The Morgan fingerprint density at radius 1 is 0.964 bits per heavy atom. The third-order valence-electron chi connectivity index (χ3n) is 4.63. The molecule has 140 valence electrons. The Hall–Kier alpha value is -3.31. The molecule has 0 bridgehead atoms. The van der Waals surface area contributed by atoms with Crippen molar-refractivity contribution in [2.45, 2.75) is 13.5 Å². The minimum Gasteiger partial charge on any atom is -0.314 e. The first kappa shape index (κ1) is 18.1. The summed E-state index contributed by atoms with van der Waals surface area (Å²) < 4.78 is 2.04. The Bertz CT molecular complexity index is 1070. The predicted octanol–water partition coefficient (Wildman–Crippen LogP) is 4.53. The number of aromatic nitrogens is 1.